The van der Waals surface area contributed by atoms with Gasteiger partial charge in [-0.15, -0.1) is 0 Å². The Balaban J connectivity index is 1.46. The lowest BCUT2D eigenvalue weighted by Gasteiger charge is -2.04. The molecule has 152 valence electrons. The molecule has 1 N–H and O–H groups in total. The van der Waals surface area contributed by atoms with Gasteiger partial charge in [-0.3, -0.25) is 4.79 Å². The van der Waals surface area contributed by atoms with Gasteiger partial charge in [0.25, 0.3) is 5.91 Å². The average molecular weight is 420 g/mol. The number of thioether (sulfide) groups is 1. The number of carbonyl (C=O) groups excluding carboxylic acids is 2. The molecule has 0 unspecified atom stereocenters. The molecule has 0 radical (unpaired) electrons. The largest absolute Gasteiger partial charge is 0.423 e. The summed E-state index contributed by atoms with van der Waals surface area (Å²) in [6, 6.07) is 17.4. The lowest BCUT2D eigenvalue weighted by atomic mass is 10.2. The predicted octanol–water partition coefficient (Wildman–Crippen LogP) is 3.56. The number of aryl methyl sites for hydroxylation is 2. The summed E-state index contributed by atoms with van der Waals surface area (Å²) in [5.41, 5.74) is 5.42. The van der Waals surface area contributed by atoms with Gasteiger partial charge in [-0.05, 0) is 61.9 Å². The molecule has 0 saturated heterocycles. The Morgan fingerprint density at radius 3 is 2.37 bits per heavy atom. The van der Waals surface area contributed by atoms with Crippen molar-refractivity contribution in [3.05, 3.63) is 83.2 Å². The van der Waals surface area contributed by atoms with Crippen LogP contribution in [0.1, 0.15) is 27.3 Å². The number of esters is 1. The van der Waals surface area contributed by atoms with E-state index >= 15 is 0 Å². The fourth-order valence-corrected chi connectivity index (χ4v) is 3.20. The molecule has 0 aliphatic carbocycles. The molecule has 0 spiro atoms. The van der Waals surface area contributed by atoms with E-state index < -0.39 is 5.97 Å². The summed E-state index contributed by atoms with van der Waals surface area (Å²) in [4.78, 5) is 32.5. The third-order valence-electron chi connectivity index (χ3n) is 3.80. The summed E-state index contributed by atoms with van der Waals surface area (Å²) in [7, 11) is 0. The molecule has 1 heterocycles. The minimum absolute atomic E-state index is 0.161. The van der Waals surface area contributed by atoms with E-state index in [-0.39, 0.29) is 11.7 Å². The monoisotopic (exact) mass is 420 g/mol. The Bertz CT molecular complexity index is 1030. The first kappa shape index (κ1) is 21.2. The summed E-state index contributed by atoms with van der Waals surface area (Å²) in [6.07, 6.45) is 1.51. The van der Waals surface area contributed by atoms with Crippen molar-refractivity contribution in [3.8, 4) is 5.75 Å². The molecule has 2 aromatic carbocycles. The third kappa shape index (κ3) is 6.52. The molecular formula is C22H20N4O3S. The molecular weight excluding hydrogens is 400 g/mol. The van der Waals surface area contributed by atoms with Crippen LogP contribution in [-0.4, -0.2) is 33.8 Å². The molecule has 0 fully saturated rings. The van der Waals surface area contributed by atoms with Crippen molar-refractivity contribution in [2.24, 2.45) is 5.10 Å². The van der Waals surface area contributed by atoms with E-state index in [0.717, 1.165) is 17.0 Å². The molecule has 30 heavy (non-hydrogen) atoms. The van der Waals surface area contributed by atoms with Crippen LogP contribution in [-0.2, 0) is 4.79 Å². The number of nitrogens with zero attached hydrogens (tertiary/aromatic N) is 3. The standard InChI is InChI=1S/C22H20N4O3S/c1-15-12-16(2)25-22(24-15)30-14-20(27)26-23-13-17-8-10-19(11-9-17)29-21(28)18-6-4-3-5-7-18/h3-13H,14H2,1-2H3,(H,26,27)/b23-13-. The summed E-state index contributed by atoms with van der Waals surface area (Å²) >= 11 is 1.25. The van der Waals surface area contributed by atoms with Crippen molar-refractivity contribution >= 4 is 29.9 Å². The molecule has 7 nitrogen and oxygen atoms in total. The van der Waals surface area contributed by atoms with Crippen LogP contribution in [0.4, 0.5) is 0 Å². The summed E-state index contributed by atoms with van der Waals surface area (Å²) < 4.78 is 5.32. The lowest BCUT2D eigenvalue weighted by Crippen LogP contribution is -2.19. The normalized spacial score (nSPS) is 10.7. The van der Waals surface area contributed by atoms with Gasteiger partial charge < -0.3 is 4.74 Å². The molecule has 8 heteroatoms. The maximum absolute atomic E-state index is 12.0. The molecule has 0 saturated carbocycles. The van der Waals surface area contributed by atoms with Crippen molar-refractivity contribution in [1.82, 2.24) is 15.4 Å². The number of hydrogen-bond donors (Lipinski definition) is 1. The van der Waals surface area contributed by atoms with E-state index in [1.165, 1.54) is 18.0 Å². The molecule has 0 bridgehead atoms. The van der Waals surface area contributed by atoms with E-state index in [4.69, 9.17) is 4.74 Å². The van der Waals surface area contributed by atoms with Crippen LogP contribution in [0.3, 0.4) is 0 Å². The van der Waals surface area contributed by atoms with Gasteiger partial charge in [0.2, 0.25) is 0 Å². The van der Waals surface area contributed by atoms with Gasteiger partial charge in [0.1, 0.15) is 5.75 Å². The Morgan fingerprint density at radius 1 is 1.03 bits per heavy atom. The Labute approximate surface area is 178 Å². The summed E-state index contributed by atoms with van der Waals surface area (Å²) in [5, 5.41) is 4.50. The molecule has 1 aromatic heterocycles. The first-order chi connectivity index (χ1) is 14.5. The second-order valence-corrected chi connectivity index (χ2v) is 7.28. The van der Waals surface area contributed by atoms with Crippen molar-refractivity contribution in [1.29, 1.82) is 0 Å². The zero-order chi connectivity index (χ0) is 21.3. The maximum atomic E-state index is 12.0. The molecule has 0 aliphatic rings. The van der Waals surface area contributed by atoms with Gasteiger partial charge in [-0.2, -0.15) is 5.10 Å². The van der Waals surface area contributed by atoms with Crippen molar-refractivity contribution in [3.63, 3.8) is 0 Å². The van der Waals surface area contributed by atoms with Crippen molar-refractivity contribution < 1.29 is 14.3 Å². The van der Waals surface area contributed by atoms with Crippen molar-refractivity contribution in [2.75, 3.05) is 5.75 Å². The van der Waals surface area contributed by atoms with E-state index in [2.05, 4.69) is 20.5 Å². The molecule has 0 atom stereocenters. The predicted molar refractivity (Wildman–Crippen MR) is 116 cm³/mol. The van der Waals surface area contributed by atoms with Gasteiger partial charge in [0.05, 0.1) is 17.5 Å². The molecule has 1 amide bonds. The van der Waals surface area contributed by atoms with E-state index in [1.807, 2.05) is 26.0 Å². The molecule has 3 aromatic rings. The zero-order valence-electron chi connectivity index (χ0n) is 16.5. The highest BCUT2D eigenvalue weighted by Crippen LogP contribution is 2.14. The first-order valence-corrected chi connectivity index (χ1v) is 10.1. The van der Waals surface area contributed by atoms with Crippen LogP contribution in [0.15, 0.2) is 70.9 Å². The number of hydrazone groups is 1. The Morgan fingerprint density at radius 2 is 1.70 bits per heavy atom. The minimum atomic E-state index is -0.422. The zero-order valence-corrected chi connectivity index (χ0v) is 17.3. The Hall–Kier alpha value is -3.52. The number of nitrogens with one attached hydrogen (secondary N) is 1. The lowest BCUT2D eigenvalue weighted by molar-refractivity contribution is -0.118. The highest BCUT2D eigenvalue weighted by Gasteiger charge is 2.08. The van der Waals surface area contributed by atoms with Crippen LogP contribution < -0.4 is 10.2 Å². The average Bonchev–Trinajstić information content (AvgIpc) is 2.73. The number of benzene rings is 2. The second kappa shape index (κ2) is 10.3. The highest BCUT2D eigenvalue weighted by molar-refractivity contribution is 7.99. The first-order valence-electron chi connectivity index (χ1n) is 9.14. The van der Waals surface area contributed by atoms with Gasteiger partial charge in [0.15, 0.2) is 5.16 Å². The maximum Gasteiger partial charge on any atom is 0.343 e. The summed E-state index contributed by atoms with van der Waals surface area (Å²) in [6.45, 7) is 3.77. The number of hydrogen-bond acceptors (Lipinski definition) is 7. The van der Waals surface area contributed by atoms with Gasteiger partial charge >= 0.3 is 5.97 Å². The minimum Gasteiger partial charge on any atom is -0.423 e. The quantitative estimate of drug-likeness (QED) is 0.157. The fraction of sp³-hybridized carbons (Fsp3) is 0.136. The van der Waals surface area contributed by atoms with E-state index in [0.29, 0.717) is 16.5 Å². The van der Waals surface area contributed by atoms with Crippen LogP contribution in [0.2, 0.25) is 0 Å². The SMILES string of the molecule is Cc1cc(C)nc(SCC(=O)N/N=C\c2ccc(OC(=O)c3ccccc3)cc2)n1. The topological polar surface area (TPSA) is 93.5 Å². The Kier molecular flexibility index (Phi) is 7.29. The van der Waals surface area contributed by atoms with E-state index in [1.54, 1.807) is 48.5 Å². The van der Waals surface area contributed by atoms with Crippen LogP contribution in [0.25, 0.3) is 0 Å². The summed E-state index contributed by atoms with van der Waals surface area (Å²) in [5.74, 6) is -0.0916. The van der Waals surface area contributed by atoms with Crippen LogP contribution >= 0.6 is 11.8 Å². The number of aromatic nitrogens is 2. The van der Waals surface area contributed by atoms with E-state index in [9.17, 15) is 9.59 Å². The molecule has 0 aliphatic heterocycles. The number of amides is 1. The van der Waals surface area contributed by atoms with Gasteiger partial charge in [-0.25, -0.2) is 20.2 Å². The second-order valence-electron chi connectivity index (χ2n) is 6.34. The van der Waals surface area contributed by atoms with Gasteiger partial charge in [-0.1, -0.05) is 30.0 Å². The number of rotatable bonds is 7. The van der Waals surface area contributed by atoms with Crippen molar-refractivity contribution in [2.45, 2.75) is 19.0 Å². The van der Waals surface area contributed by atoms with Crippen LogP contribution in [0, 0.1) is 13.8 Å². The number of carbonyl (C=O) groups is 2. The third-order valence-corrected chi connectivity index (χ3v) is 4.64. The van der Waals surface area contributed by atoms with Gasteiger partial charge in [0, 0.05) is 11.4 Å². The fourth-order valence-electron chi connectivity index (χ4n) is 2.46. The smallest absolute Gasteiger partial charge is 0.343 e. The van der Waals surface area contributed by atoms with Crippen LogP contribution in [0.5, 0.6) is 5.75 Å². The molecule has 3 rings (SSSR count). The highest BCUT2D eigenvalue weighted by atomic mass is 32.2. The number of ether oxygens (including phenoxy) is 1.